The second kappa shape index (κ2) is 8.81. The van der Waals surface area contributed by atoms with Crippen molar-refractivity contribution in [3.63, 3.8) is 0 Å². The lowest BCUT2D eigenvalue weighted by molar-refractivity contribution is 0.173. The van der Waals surface area contributed by atoms with E-state index in [1.165, 1.54) is 11.1 Å². The minimum absolute atomic E-state index is 0.0204. The van der Waals surface area contributed by atoms with Crippen LogP contribution in [0.1, 0.15) is 29.7 Å². The van der Waals surface area contributed by atoms with Crippen LogP contribution in [0.5, 0.6) is 0 Å². The largest absolute Gasteiger partial charge is 0.335 e. The highest BCUT2D eigenvalue weighted by Gasteiger charge is 2.22. The molecule has 0 unspecified atom stereocenters. The van der Waals surface area contributed by atoms with Crippen LogP contribution in [-0.2, 0) is 13.1 Å². The van der Waals surface area contributed by atoms with Crippen molar-refractivity contribution < 1.29 is 4.79 Å². The van der Waals surface area contributed by atoms with Crippen molar-refractivity contribution in [1.82, 2.24) is 20.1 Å². The highest BCUT2D eigenvalue weighted by molar-refractivity contribution is 5.74. The van der Waals surface area contributed by atoms with E-state index in [0.717, 1.165) is 38.2 Å². The van der Waals surface area contributed by atoms with E-state index in [2.05, 4.69) is 46.4 Å². The van der Waals surface area contributed by atoms with Crippen LogP contribution in [-0.4, -0.2) is 47.0 Å². The van der Waals surface area contributed by atoms with Crippen molar-refractivity contribution in [3.05, 3.63) is 65.5 Å². The molecule has 1 aliphatic rings. The number of nitrogens with zero attached hydrogens (tertiary/aromatic N) is 3. The van der Waals surface area contributed by atoms with E-state index >= 15 is 0 Å². The third kappa shape index (κ3) is 5.05. The maximum absolute atomic E-state index is 12.4. The monoisotopic (exact) mass is 352 g/mol. The SMILES string of the molecule is Cc1ccccc1CN1CCC(NC(=O)N(C)Cc2ccccn2)CC1. The summed E-state index contributed by atoms with van der Waals surface area (Å²) in [6.07, 6.45) is 3.75. The third-order valence-electron chi connectivity index (χ3n) is 5.04. The number of amides is 2. The maximum atomic E-state index is 12.4. The molecule has 1 aromatic heterocycles. The number of aromatic nitrogens is 1. The lowest BCUT2D eigenvalue weighted by Crippen LogP contribution is -2.48. The zero-order chi connectivity index (χ0) is 18.4. The van der Waals surface area contributed by atoms with Gasteiger partial charge in [-0.2, -0.15) is 0 Å². The van der Waals surface area contributed by atoms with Gasteiger partial charge in [0.15, 0.2) is 0 Å². The molecule has 2 amide bonds. The van der Waals surface area contributed by atoms with Crippen molar-refractivity contribution in [2.24, 2.45) is 0 Å². The van der Waals surface area contributed by atoms with Gasteiger partial charge in [-0.05, 0) is 43.0 Å². The minimum atomic E-state index is -0.0204. The topological polar surface area (TPSA) is 48.5 Å². The van der Waals surface area contributed by atoms with Gasteiger partial charge >= 0.3 is 6.03 Å². The summed E-state index contributed by atoms with van der Waals surface area (Å²) in [6, 6.07) is 14.6. The Morgan fingerprint density at radius 3 is 2.62 bits per heavy atom. The molecule has 0 atom stereocenters. The van der Waals surface area contributed by atoms with E-state index < -0.39 is 0 Å². The van der Waals surface area contributed by atoms with E-state index in [1.54, 1.807) is 11.1 Å². The lowest BCUT2D eigenvalue weighted by Gasteiger charge is -2.33. The molecule has 0 saturated carbocycles. The van der Waals surface area contributed by atoms with Crippen LogP contribution in [0.4, 0.5) is 4.79 Å². The summed E-state index contributed by atoms with van der Waals surface area (Å²) in [5.74, 6) is 0. The van der Waals surface area contributed by atoms with Gasteiger partial charge in [0.25, 0.3) is 0 Å². The zero-order valence-corrected chi connectivity index (χ0v) is 15.7. The number of aryl methyl sites for hydroxylation is 1. The number of hydrogen-bond donors (Lipinski definition) is 1. The lowest BCUT2D eigenvalue weighted by atomic mass is 10.0. The van der Waals surface area contributed by atoms with Crippen molar-refractivity contribution in [3.8, 4) is 0 Å². The average Bonchev–Trinajstić information content (AvgIpc) is 2.66. The second-order valence-electron chi connectivity index (χ2n) is 7.10. The zero-order valence-electron chi connectivity index (χ0n) is 15.7. The Morgan fingerprint density at radius 1 is 1.19 bits per heavy atom. The summed E-state index contributed by atoms with van der Waals surface area (Å²) in [5.41, 5.74) is 3.64. The predicted octanol–water partition coefficient (Wildman–Crippen LogP) is 3.20. The average molecular weight is 352 g/mol. The highest BCUT2D eigenvalue weighted by Crippen LogP contribution is 2.16. The smallest absolute Gasteiger partial charge is 0.317 e. The highest BCUT2D eigenvalue weighted by atomic mass is 16.2. The van der Waals surface area contributed by atoms with Gasteiger partial charge in [0.05, 0.1) is 12.2 Å². The minimum Gasteiger partial charge on any atom is -0.335 e. The molecule has 138 valence electrons. The van der Waals surface area contributed by atoms with Gasteiger partial charge in [-0.25, -0.2) is 4.79 Å². The van der Waals surface area contributed by atoms with Gasteiger partial charge in [-0.3, -0.25) is 9.88 Å². The van der Waals surface area contributed by atoms with Crippen LogP contribution in [0.3, 0.4) is 0 Å². The first-order chi connectivity index (χ1) is 12.6. The molecular weight excluding hydrogens is 324 g/mol. The Balaban J connectivity index is 1.43. The summed E-state index contributed by atoms with van der Waals surface area (Å²) in [7, 11) is 1.82. The van der Waals surface area contributed by atoms with Gasteiger partial charge in [0, 0.05) is 38.9 Å². The Morgan fingerprint density at radius 2 is 1.92 bits per heavy atom. The number of hydrogen-bond acceptors (Lipinski definition) is 3. The van der Waals surface area contributed by atoms with E-state index in [0.29, 0.717) is 6.54 Å². The molecule has 1 aromatic carbocycles. The molecule has 0 spiro atoms. The van der Waals surface area contributed by atoms with E-state index in [4.69, 9.17) is 0 Å². The standard InChI is InChI=1S/C21H28N4O/c1-17-7-3-4-8-18(17)15-25-13-10-19(11-14-25)23-21(26)24(2)16-20-9-5-6-12-22-20/h3-9,12,19H,10-11,13-16H2,1-2H3,(H,23,26). The Labute approximate surface area is 156 Å². The summed E-state index contributed by atoms with van der Waals surface area (Å²) < 4.78 is 0. The van der Waals surface area contributed by atoms with Crippen LogP contribution in [0.15, 0.2) is 48.7 Å². The van der Waals surface area contributed by atoms with E-state index in [9.17, 15) is 4.79 Å². The number of carbonyl (C=O) groups excluding carboxylic acids is 1. The normalized spacial score (nSPS) is 15.6. The Hall–Kier alpha value is -2.40. The molecule has 1 saturated heterocycles. The number of carbonyl (C=O) groups is 1. The number of rotatable bonds is 5. The summed E-state index contributed by atoms with van der Waals surface area (Å²) in [6.45, 7) is 5.72. The maximum Gasteiger partial charge on any atom is 0.317 e. The molecule has 0 radical (unpaired) electrons. The molecule has 2 aromatic rings. The molecule has 1 aliphatic heterocycles. The molecule has 0 aliphatic carbocycles. The number of pyridine rings is 1. The van der Waals surface area contributed by atoms with Crippen LogP contribution < -0.4 is 5.32 Å². The van der Waals surface area contributed by atoms with Crippen LogP contribution >= 0.6 is 0 Å². The molecule has 3 rings (SSSR count). The van der Waals surface area contributed by atoms with E-state index in [-0.39, 0.29) is 12.1 Å². The van der Waals surface area contributed by atoms with Gasteiger partial charge < -0.3 is 10.2 Å². The van der Waals surface area contributed by atoms with Crippen molar-refractivity contribution in [2.45, 2.75) is 38.9 Å². The van der Waals surface area contributed by atoms with Crippen LogP contribution in [0.2, 0.25) is 0 Å². The number of likely N-dealkylation sites (tertiary alicyclic amines) is 1. The van der Waals surface area contributed by atoms with Gasteiger partial charge in [0.1, 0.15) is 0 Å². The van der Waals surface area contributed by atoms with Gasteiger partial charge in [-0.1, -0.05) is 30.3 Å². The second-order valence-corrected chi connectivity index (χ2v) is 7.10. The fourth-order valence-electron chi connectivity index (χ4n) is 3.36. The first-order valence-electron chi connectivity index (χ1n) is 9.30. The fraction of sp³-hybridized carbons (Fsp3) is 0.429. The van der Waals surface area contributed by atoms with Crippen LogP contribution in [0.25, 0.3) is 0 Å². The molecular formula is C21H28N4O. The Kier molecular flexibility index (Phi) is 6.23. The predicted molar refractivity (Wildman–Crippen MR) is 104 cm³/mol. The van der Waals surface area contributed by atoms with Gasteiger partial charge in [0.2, 0.25) is 0 Å². The van der Waals surface area contributed by atoms with Crippen molar-refractivity contribution in [2.75, 3.05) is 20.1 Å². The van der Waals surface area contributed by atoms with E-state index in [1.807, 2.05) is 25.2 Å². The van der Waals surface area contributed by atoms with Crippen molar-refractivity contribution in [1.29, 1.82) is 0 Å². The number of benzene rings is 1. The van der Waals surface area contributed by atoms with Crippen LogP contribution in [0, 0.1) is 6.92 Å². The molecule has 2 heterocycles. The summed E-state index contributed by atoms with van der Waals surface area (Å²) in [4.78, 5) is 20.9. The number of urea groups is 1. The number of nitrogens with one attached hydrogen (secondary N) is 1. The molecule has 5 nitrogen and oxygen atoms in total. The third-order valence-corrected chi connectivity index (χ3v) is 5.04. The quantitative estimate of drug-likeness (QED) is 0.899. The molecule has 0 bridgehead atoms. The fourth-order valence-corrected chi connectivity index (χ4v) is 3.36. The number of piperidine rings is 1. The molecule has 1 N–H and O–H groups in total. The first kappa shape index (κ1) is 18.4. The first-order valence-corrected chi connectivity index (χ1v) is 9.30. The van der Waals surface area contributed by atoms with Crippen molar-refractivity contribution >= 4 is 6.03 Å². The van der Waals surface area contributed by atoms with Gasteiger partial charge in [-0.15, -0.1) is 0 Å². The Bertz CT molecular complexity index is 711. The molecule has 26 heavy (non-hydrogen) atoms. The molecule has 5 heteroatoms. The molecule has 1 fully saturated rings. The summed E-state index contributed by atoms with van der Waals surface area (Å²) in [5, 5.41) is 3.17. The summed E-state index contributed by atoms with van der Waals surface area (Å²) >= 11 is 0.